The van der Waals surface area contributed by atoms with Gasteiger partial charge in [-0.05, 0) is 43.0 Å². The minimum absolute atomic E-state index is 0.0336. The second-order valence-corrected chi connectivity index (χ2v) is 7.04. The predicted molar refractivity (Wildman–Crippen MR) is 104 cm³/mol. The first kappa shape index (κ1) is 18.2. The summed E-state index contributed by atoms with van der Waals surface area (Å²) in [6.45, 7) is 7.42. The van der Waals surface area contributed by atoms with Crippen LogP contribution in [0.4, 0.5) is 5.69 Å². The molecule has 1 aliphatic rings. The molecule has 0 saturated heterocycles. The summed E-state index contributed by atoms with van der Waals surface area (Å²) in [5.41, 5.74) is 5.67. The van der Waals surface area contributed by atoms with Crippen LogP contribution in [0.3, 0.4) is 0 Å². The third-order valence-electron chi connectivity index (χ3n) is 5.06. The molecule has 0 atom stereocenters. The minimum atomic E-state index is -0.0336. The fourth-order valence-electron chi connectivity index (χ4n) is 3.63. The first-order valence-electron chi connectivity index (χ1n) is 9.15. The second kappa shape index (κ2) is 7.73. The Hall–Kier alpha value is -2.62. The van der Waals surface area contributed by atoms with Crippen LogP contribution < -0.4 is 4.90 Å². The molecule has 0 spiro atoms. The topological polar surface area (TPSA) is 40.6 Å². The standard InChI is InChI=1S/C22H26N2O2/c1-16-8-9-21(17(2)14-16)24(18(3)25)13-11-22(26)23-12-10-19-6-4-5-7-20(19)15-23/h4-9,14H,10-13,15H2,1-3H3. The molecule has 0 fully saturated rings. The molecular formula is C22H26N2O2. The molecule has 0 radical (unpaired) electrons. The highest BCUT2D eigenvalue weighted by molar-refractivity contribution is 5.93. The number of aryl methyl sites for hydroxylation is 2. The van der Waals surface area contributed by atoms with E-state index in [9.17, 15) is 9.59 Å². The van der Waals surface area contributed by atoms with Crippen molar-refractivity contribution in [2.75, 3.05) is 18.0 Å². The Bertz CT molecular complexity index is 829. The summed E-state index contributed by atoms with van der Waals surface area (Å²) >= 11 is 0. The molecule has 0 saturated carbocycles. The zero-order valence-corrected chi connectivity index (χ0v) is 15.8. The van der Waals surface area contributed by atoms with Crippen molar-refractivity contribution >= 4 is 17.5 Å². The molecule has 0 bridgehead atoms. The molecule has 0 N–H and O–H groups in total. The summed E-state index contributed by atoms with van der Waals surface area (Å²) in [4.78, 5) is 28.4. The normalized spacial score (nSPS) is 13.3. The first-order chi connectivity index (χ1) is 12.5. The molecule has 1 aliphatic heterocycles. The third-order valence-corrected chi connectivity index (χ3v) is 5.06. The van der Waals surface area contributed by atoms with E-state index in [0.717, 1.165) is 29.8 Å². The second-order valence-electron chi connectivity index (χ2n) is 7.04. The van der Waals surface area contributed by atoms with E-state index in [1.807, 2.05) is 43.0 Å². The van der Waals surface area contributed by atoms with Crippen molar-refractivity contribution in [1.82, 2.24) is 4.90 Å². The molecule has 2 aromatic carbocycles. The first-order valence-corrected chi connectivity index (χ1v) is 9.15. The summed E-state index contributed by atoms with van der Waals surface area (Å²) < 4.78 is 0. The van der Waals surface area contributed by atoms with Crippen LogP contribution in [0, 0.1) is 13.8 Å². The highest BCUT2D eigenvalue weighted by Gasteiger charge is 2.22. The van der Waals surface area contributed by atoms with Crippen LogP contribution in [0.2, 0.25) is 0 Å². The number of hydrogen-bond donors (Lipinski definition) is 0. The van der Waals surface area contributed by atoms with Gasteiger partial charge in [-0.3, -0.25) is 9.59 Å². The molecule has 26 heavy (non-hydrogen) atoms. The van der Waals surface area contributed by atoms with Gasteiger partial charge in [0.05, 0.1) is 0 Å². The van der Waals surface area contributed by atoms with Gasteiger partial charge in [0.15, 0.2) is 0 Å². The highest BCUT2D eigenvalue weighted by atomic mass is 16.2. The van der Waals surface area contributed by atoms with E-state index in [2.05, 4.69) is 18.2 Å². The maximum absolute atomic E-state index is 12.7. The molecule has 4 nitrogen and oxygen atoms in total. The number of carbonyl (C=O) groups excluding carboxylic acids is 2. The van der Waals surface area contributed by atoms with Gasteiger partial charge in [-0.1, -0.05) is 42.0 Å². The Labute approximate surface area is 155 Å². The summed E-state index contributed by atoms with van der Waals surface area (Å²) in [5.74, 6) is 0.0734. The van der Waals surface area contributed by atoms with Crippen LogP contribution in [-0.4, -0.2) is 29.8 Å². The van der Waals surface area contributed by atoms with Crippen molar-refractivity contribution in [2.24, 2.45) is 0 Å². The lowest BCUT2D eigenvalue weighted by Crippen LogP contribution is -2.39. The summed E-state index contributed by atoms with van der Waals surface area (Å²) in [6, 6.07) is 14.3. The van der Waals surface area contributed by atoms with Crippen LogP contribution in [-0.2, 0) is 22.6 Å². The minimum Gasteiger partial charge on any atom is -0.338 e. The molecule has 0 aromatic heterocycles. The number of hydrogen-bond acceptors (Lipinski definition) is 2. The maximum Gasteiger partial charge on any atom is 0.224 e. The number of amides is 2. The molecular weight excluding hydrogens is 324 g/mol. The Morgan fingerprint density at radius 1 is 1.08 bits per heavy atom. The van der Waals surface area contributed by atoms with Gasteiger partial charge in [0.25, 0.3) is 0 Å². The van der Waals surface area contributed by atoms with Crippen molar-refractivity contribution in [2.45, 2.75) is 40.2 Å². The Morgan fingerprint density at radius 3 is 2.50 bits per heavy atom. The van der Waals surface area contributed by atoms with Gasteiger partial charge in [-0.2, -0.15) is 0 Å². The molecule has 2 amide bonds. The van der Waals surface area contributed by atoms with Crippen LogP contribution in [0.25, 0.3) is 0 Å². The van der Waals surface area contributed by atoms with E-state index in [-0.39, 0.29) is 11.8 Å². The fraction of sp³-hybridized carbons (Fsp3) is 0.364. The van der Waals surface area contributed by atoms with Crippen LogP contribution in [0.1, 0.15) is 35.6 Å². The van der Waals surface area contributed by atoms with Crippen molar-refractivity contribution in [3.8, 4) is 0 Å². The zero-order chi connectivity index (χ0) is 18.7. The lowest BCUT2D eigenvalue weighted by atomic mass is 10.00. The molecule has 4 heteroatoms. The number of benzene rings is 2. The van der Waals surface area contributed by atoms with E-state index in [1.165, 1.54) is 11.1 Å². The van der Waals surface area contributed by atoms with Crippen LogP contribution >= 0.6 is 0 Å². The molecule has 1 heterocycles. The lowest BCUT2D eigenvalue weighted by Gasteiger charge is -2.30. The Kier molecular flexibility index (Phi) is 5.40. The summed E-state index contributed by atoms with van der Waals surface area (Å²) in [6.07, 6.45) is 1.24. The maximum atomic E-state index is 12.7. The monoisotopic (exact) mass is 350 g/mol. The average molecular weight is 350 g/mol. The SMILES string of the molecule is CC(=O)N(CCC(=O)N1CCc2ccccc2C1)c1ccc(C)cc1C. The van der Waals surface area contributed by atoms with Crippen LogP contribution in [0.15, 0.2) is 42.5 Å². The largest absolute Gasteiger partial charge is 0.338 e. The summed E-state index contributed by atoms with van der Waals surface area (Å²) in [7, 11) is 0. The lowest BCUT2D eigenvalue weighted by molar-refractivity contribution is -0.131. The number of nitrogens with zero attached hydrogens (tertiary/aromatic N) is 2. The number of carbonyl (C=O) groups is 2. The van der Waals surface area contributed by atoms with E-state index < -0.39 is 0 Å². The van der Waals surface area contributed by atoms with Crippen molar-refractivity contribution in [3.63, 3.8) is 0 Å². The number of anilines is 1. The number of rotatable bonds is 4. The van der Waals surface area contributed by atoms with Crippen LogP contribution in [0.5, 0.6) is 0 Å². The summed E-state index contributed by atoms with van der Waals surface area (Å²) in [5, 5.41) is 0. The highest BCUT2D eigenvalue weighted by Crippen LogP contribution is 2.23. The van der Waals surface area contributed by atoms with Gasteiger partial charge < -0.3 is 9.80 Å². The van der Waals surface area contributed by atoms with Gasteiger partial charge in [-0.25, -0.2) is 0 Å². The van der Waals surface area contributed by atoms with E-state index >= 15 is 0 Å². The Balaban J connectivity index is 1.66. The smallest absolute Gasteiger partial charge is 0.224 e. The van der Waals surface area contributed by atoms with Crippen molar-refractivity contribution in [3.05, 3.63) is 64.7 Å². The van der Waals surface area contributed by atoms with Crippen molar-refractivity contribution < 1.29 is 9.59 Å². The molecule has 0 aliphatic carbocycles. The molecule has 2 aromatic rings. The molecule has 0 unspecified atom stereocenters. The van der Waals surface area contributed by atoms with Gasteiger partial charge >= 0.3 is 0 Å². The third kappa shape index (κ3) is 3.96. The van der Waals surface area contributed by atoms with Crippen molar-refractivity contribution in [1.29, 1.82) is 0 Å². The molecule has 3 rings (SSSR count). The molecule has 136 valence electrons. The van der Waals surface area contributed by atoms with Gasteiger partial charge in [0.2, 0.25) is 11.8 Å². The zero-order valence-electron chi connectivity index (χ0n) is 15.8. The van der Waals surface area contributed by atoms with Gasteiger partial charge in [0, 0.05) is 38.7 Å². The van der Waals surface area contributed by atoms with Gasteiger partial charge in [0.1, 0.15) is 0 Å². The fourth-order valence-corrected chi connectivity index (χ4v) is 3.63. The average Bonchev–Trinajstić information content (AvgIpc) is 2.62. The Morgan fingerprint density at radius 2 is 1.81 bits per heavy atom. The van der Waals surface area contributed by atoms with Gasteiger partial charge in [-0.15, -0.1) is 0 Å². The van der Waals surface area contributed by atoms with E-state index in [4.69, 9.17) is 0 Å². The predicted octanol–water partition coefficient (Wildman–Crippen LogP) is 3.63. The number of fused-ring (bicyclic) bond motifs is 1. The van der Waals surface area contributed by atoms with E-state index in [0.29, 0.717) is 19.5 Å². The van der Waals surface area contributed by atoms with E-state index in [1.54, 1.807) is 11.8 Å². The quantitative estimate of drug-likeness (QED) is 0.845.